The van der Waals surface area contributed by atoms with Gasteiger partial charge in [0.05, 0.1) is 5.02 Å². The number of carboxylic acids is 1. The molecule has 0 bridgehead atoms. The van der Waals surface area contributed by atoms with Gasteiger partial charge in [-0.1, -0.05) is 27.5 Å². The van der Waals surface area contributed by atoms with Crippen LogP contribution in [0.4, 0.5) is 5.82 Å². The molecule has 0 saturated heterocycles. The van der Waals surface area contributed by atoms with E-state index in [-0.39, 0.29) is 5.70 Å². The number of rotatable bonds is 4. The van der Waals surface area contributed by atoms with Crippen molar-refractivity contribution < 1.29 is 9.90 Å². The van der Waals surface area contributed by atoms with Crippen molar-refractivity contribution >= 4 is 39.3 Å². The molecule has 0 aromatic carbocycles. The van der Waals surface area contributed by atoms with E-state index in [1.807, 2.05) is 0 Å². The summed E-state index contributed by atoms with van der Waals surface area (Å²) in [5, 5.41) is 9.88. The molecular formula is C10H10BrClN2O2. The SMILES string of the molecule is CN(/C(=C\CBr)C(=O)O)c1ncccc1Cl. The third-order valence-electron chi connectivity index (χ3n) is 1.91. The van der Waals surface area contributed by atoms with Crippen LogP contribution in [0.1, 0.15) is 0 Å². The van der Waals surface area contributed by atoms with Crippen molar-refractivity contribution in [3.05, 3.63) is 35.1 Å². The summed E-state index contributed by atoms with van der Waals surface area (Å²) in [6.07, 6.45) is 3.10. The predicted octanol–water partition coefficient (Wildman–Crippen LogP) is 2.53. The molecular weight excluding hydrogens is 295 g/mol. The number of halogens is 2. The molecule has 1 aromatic rings. The molecule has 0 amide bonds. The molecule has 1 N–H and O–H groups in total. The number of anilines is 1. The summed E-state index contributed by atoms with van der Waals surface area (Å²) in [6, 6.07) is 3.35. The maximum absolute atomic E-state index is 11.0. The lowest BCUT2D eigenvalue weighted by Gasteiger charge is -2.19. The van der Waals surface area contributed by atoms with Crippen LogP contribution < -0.4 is 4.90 Å². The van der Waals surface area contributed by atoms with Crippen molar-refractivity contribution in [1.82, 2.24) is 4.98 Å². The van der Waals surface area contributed by atoms with Gasteiger partial charge in [-0.25, -0.2) is 9.78 Å². The Morgan fingerprint density at radius 3 is 2.94 bits per heavy atom. The lowest BCUT2D eigenvalue weighted by atomic mass is 10.3. The molecule has 0 fully saturated rings. The zero-order chi connectivity index (χ0) is 12.1. The lowest BCUT2D eigenvalue weighted by Crippen LogP contribution is -2.24. The molecule has 86 valence electrons. The van der Waals surface area contributed by atoms with E-state index in [9.17, 15) is 4.79 Å². The number of allylic oxidation sites excluding steroid dienone is 1. The Morgan fingerprint density at radius 2 is 2.44 bits per heavy atom. The quantitative estimate of drug-likeness (QED) is 0.686. The molecule has 1 rings (SSSR count). The average Bonchev–Trinajstić information content (AvgIpc) is 2.25. The van der Waals surface area contributed by atoms with E-state index in [1.165, 1.54) is 11.0 Å². The fourth-order valence-corrected chi connectivity index (χ4v) is 1.73. The summed E-state index contributed by atoms with van der Waals surface area (Å²) in [6.45, 7) is 0. The van der Waals surface area contributed by atoms with Crippen LogP contribution in [0.15, 0.2) is 30.1 Å². The molecule has 6 heteroatoms. The number of carbonyl (C=O) groups is 1. The maximum atomic E-state index is 11.0. The fraction of sp³-hybridized carbons (Fsp3) is 0.200. The predicted molar refractivity (Wildman–Crippen MR) is 67.2 cm³/mol. The van der Waals surface area contributed by atoms with Crippen LogP contribution >= 0.6 is 27.5 Å². The molecule has 0 saturated carbocycles. The van der Waals surface area contributed by atoms with Gasteiger partial charge < -0.3 is 10.0 Å². The smallest absolute Gasteiger partial charge is 0.352 e. The highest BCUT2D eigenvalue weighted by molar-refractivity contribution is 9.09. The van der Waals surface area contributed by atoms with E-state index >= 15 is 0 Å². The van der Waals surface area contributed by atoms with Gasteiger partial charge in [-0.15, -0.1) is 0 Å². The molecule has 0 atom stereocenters. The second-order valence-corrected chi connectivity index (χ2v) is 3.97. The van der Waals surface area contributed by atoms with E-state index in [2.05, 4.69) is 20.9 Å². The first-order chi connectivity index (χ1) is 7.57. The van der Waals surface area contributed by atoms with Crippen molar-refractivity contribution in [2.45, 2.75) is 0 Å². The van der Waals surface area contributed by atoms with Gasteiger partial charge in [-0.3, -0.25) is 0 Å². The van der Waals surface area contributed by atoms with Gasteiger partial charge in [-0.05, 0) is 18.2 Å². The van der Waals surface area contributed by atoms with Crippen LogP contribution in [0.5, 0.6) is 0 Å². The van der Waals surface area contributed by atoms with Crippen LogP contribution in [0, 0.1) is 0 Å². The number of aromatic nitrogens is 1. The van der Waals surface area contributed by atoms with Gasteiger partial charge in [0, 0.05) is 18.6 Å². The van der Waals surface area contributed by atoms with Crippen LogP contribution in [0.2, 0.25) is 5.02 Å². The van der Waals surface area contributed by atoms with E-state index in [0.29, 0.717) is 16.2 Å². The molecule has 0 aliphatic carbocycles. The van der Waals surface area contributed by atoms with Gasteiger partial charge in [0.1, 0.15) is 5.70 Å². The fourth-order valence-electron chi connectivity index (χ4n) is 1.18. The van der Waals surface area contributed by atoms with Crippen molar-refractivity contribution in [2.24, 2.45) is 0 Å². The number of aliphatic carboxylic acids is 1. The Labute approximate surface area is 107 Å². The summed E-state index contributed by atoms with van der Waals surface area (Å²) in [7, 11) is 1.61. The maximum Gasteiger partial charge on any atom is 0.352 e. The zero-order valence-corrected chi connectivity index (χ0v) is 10.9. The van der Waals surface area contributed by atoms with E-state index < -0.39 is 5.97 Å². The topological polar surface area (TPSA) is 53.4 Å². The molecule has 0 unspecified atom stereocenters. The number of pyridine rings is 1. The minimum atomic E-state index is -1.02. The van der Waals surface area contributed by atoms with Crippen LogP contribution in [0.3, 0.4) is 0 Å². The average molecular weight is 306 g/mol. The highest BCUT2D eigenvalue weighted by atomic mass is 79.9. The number of carboxylic acid groups (broad SMARTS) is 1. The first-order valence-electron chi connectivity index (χ1n) is 4.41. The van der Waals surface area contributed by atoms with E-state index in [0.717, 1.165) is 0 Å². The van der Waals surface area contributed by atoms with Gasteiger partial charge in [0.25, 0.3) is 0 Å². The molecule has 0 spiro atoms. The monoisotopic (exact) mass is 304 g/mol. The summed E-state index contributed by atoms with van der Waals surface area (Å²) < 4.78 is 0. The molecule has 0 aliphatic heterocycles. The Bertz CT molecular complexity index is 423. The minimum Gasteiger partial charge on any atom is -0.477 e. The van der Waals surface area contributed by atoms with Gasteiger partial charge in [0.2, 0.25) is 0 Å². The number of alkyl halides is 1. The molecule has 4 nitrogen and oxygen atoms in total. The highest BCUT2D eigenvalue weighted by Crippen LogP contribution is 2.24. The van der Waals surface area contributed by atoms with Gasteiger partial charge in [0.15, 0.2) is 5.82 Å². The van der Waals surface area contributed by atoms with E-state index in [4.69, 9.17) is 16.7 Å². The normalized spacial score (nSPS) is 11.3. The largest absolute Gasteiger partial charge is 0.477 e. The summed E-state index contributed by atoms with van der Waals surface area (Å²) in [5.41, 5.74) is 0.123. The summed E-state index contributed by atoms with van der Waals surface area (Å²) >= 11 is 9.09. The van der Waals surface area contributed by atoms with Crippen LogP contribution in [-0.4, -0.2) is 28.4 Å². The van der Waals surface area contributed by atoms with Crippen molar-refractivity contribution in [3.63, 3.8) is 0 Å². The number of hydrogen-bond donors (Lipinski definition) is 1. The number of hydrogen-bond acceptors (Lipinski definition) is 3. The highest BCUT2D eigenvalue weighted by Gasteiger charge is 2.16. The first-order valence-corrected chi connectivity index (χ1v) is 5.91. The second kappa shape index (κ2) is 5.86. The van der Waals surface area contributed by atoms with Gasteiger partial charge >= 0.3 is 5.97 Å². The first kappa shape index (κ1) is 13.0. The Morgan fingerprint density at radius 1 is 1.75 bits per heavy atom. The summed E-state index contributed by atoms with van der Waals surface area (Å²) in [5.74, 6) is -0.609. The number of nitrogens with zero attached hydrogens (tertiary/aromatic N) is 2. The lowest BCUT2D eigenvalue weighted by molar-refractivity contribution is -0.132. The standard InChI is InChI=1S/C10H10BrClN2O2/c1-14(8(4-5-11)10(15)16)9-7(12)3-2-6-13-9/h2-4,6H,5H2,1H3,(H,15,16)/b8-4-. The third kappa shape index (κ3) is 2.96. The second-order valence-electron chi connectivity index (χ2n) is 2.92. The molecule has 0 radical (unpaired) electrons. The molecule has 16 heavy (non-hydrogen) atoms. The number of likely N-dealkylation sites (N-methyl/N-ethyl adjacent to an activating group) is 1. The van der Waals surface area contributed by atoms with Crippen LogP contribution in [0.25, 0.3) is 0 Å². The Hall–Kier alpha value is -1.07. The Balaban J connectivity index is 3.09. The van der Waals surface area contributed by atoms with Crippen molar-refractivity contribution in [2.75, 3.05) is 17.3 Å². The third-order valence-corrected chi connectivity index (χ3v) is 2.53. The van der Waals surface area contributed by atoms with Crippen molar-refractivity contribution in [1.29, 1.82) is 0 Å². The van der Waals surface area contributed by atoms with E-state index in [1.54, 1.807) is 25.4 Å². The summed E-state index contributed by atoms with van der Waals surface area (Å²) in [4.78, 5) is 16.5. The van der Waals surface area contributed by atoms with Gasteiger partial charge in [-0.2, -0.15) is 0 Å². The molecule has 1 heterocycles. The zero-order valence-electron chi connectivity index (χ0n) is 8.52. The van der Waals surface area contributed by atoms with Crippen LogP contribution in [-0.2, 0) is 4.79 Å². The van der Waals surface area contributed by atoms with Crippen molar-refractivity contribution in [3.8, 4) is 0 Å². The molecule has 0 aliphatic rings. The minimum absolute atomic E-state index is 0.123. The molecule has 1 aromatic heterocycles. The Kier molecular flexibility index (Phi) is 4.76.